The third-order valence-electron chi connectivity index (χ3n) is 2.31. The van der Waals surface area contributed by atoms with Crippen molar-refractivity contribution >= 4 is 5.82 Å². The highest BCUT2D eigenvalue weighted by Gasteiger charge is 2.09. The third-order valence-corrected chi connectivity index (χ3v) is 2.31. The SMILES string of the molecule is Cc1nc(-c2ccoc2)nc(NN)c1C. The summed E-state index contributed by atoms with van der Waals surface area (Å²) in [6.07, 6.45) is 3.19. The molecule has 5 heteroatoms. The number of nitrogen functional groups attached to an aromatic ring is 1. The van der Waals surface area contributed by atoms with Gasteiger partial charge >= 0.3 is 0 Å². The first-order chi connectivity index (χ1) is 7.22. The Balaban J connectivity index is 2.55. The number of rotatable bonds is 2. The van der Waals surface area contributed by atoms with Gasteiger partial charge in [0.15, 0.2) is 5.82 Å². The van der Waals surface area contributed by atoms with Crippen LogP contribution in [-0.2, 0) is 0 Å². The summed E-state index contributed by atoms with van der Waals surface area (Å²) in [4.78, 5) is 8.64. The Bertz CT molecular complexity index is 465. The predicted molar refractivity (Wildman–Crippen MR) is 57.0 cm³/mol. The van der Waals surface area contributed by atoms with Gasteiger partial charge in [0.25, 0.3) is 0 Å². The van der Waals surface area contributed by atoms with Crippen LogP contribution in [0.15, 0.2) is 23.0 Å². The zero-order valence-electron chi connectivity index (χ0n) is 8.61. The van der Waals surface area contributed by atoms with Crippen molar-refractivity contribution in [3.8, 4) is 11.4 Å². The molecule has 2 heterocycles. The maximum atomic E-state index is 5.38. The molecule has 0 bridgehead atoms. The molecule has 0 aromatic carbocycles. The number of nitrogens with one attached hydrogen (secondary N) is 1. The van der Waals surface area contributed by atoms with Crippen molar-refractivity contribution in [2.45, 2.75) is 13.8 Å². The minimum Gasteiger partial charge on any atom is -0.472 e. The van der Waals surface area contributed by atoms with Crippen LogP contribution in [0.25, 0.3) is 11.4 Å². The quantitative estimate of drug-likeness (QED) is 0.574. The lowest BCUT2D eigenvalue weighted by atomic mass is 10.2. The van der Waals surface area contributed by atoms with Crippen LogP contribution in [0.5, 0.6) is 0 Å². The maximum absolute atomic E-state index is 5.38. The first-order valence-electron chi connectivity index (χ1n) is 4.57. The van der Waals surface area contributed by atoms with Gasteiger partial charge in [-0.05, 0) is 19.9 Å². The molecule has 78 valence electrons. The normalized spacial score (nSPS) is 10.3. The van der Waals surface area contributed by atoms with Crippen LogP contribution >= 0.6 is 0 Å². The molecule has 0 atom stereocenters. The topological polar surface area (TPSA) is 77.0 Å². The molecule has 0 saturated carbocycles. The van der Waals surface area contributed by atoms with Crippen LogP contribution in [-0.4, -0.2) is 9.97 Å². The van der Waals surface area contributed by atoms with Crippen LogP contribution in [0.4, 0.5) is 5.82 Å². The van der Waals surface area contributed by atoms with Gasteiger partial charge in [0.1, 0.15) is 12.1 Å². The molecule has 0 fully saturated rings. The van der Waals surface area contributed by atoms with E-state index in [1.165, 1.54) is 0 Å². The van der Waals surface area contributed by atoms with Crippen LogP contribution in [0.1, 0.15) is 11.3 Å². The maximum Gasteiger partial charge on any atom is 0.165 e. The number of hydrogen-bond acceptors (Lipinski definition) is 5. The van der Waals surface area contributed by atoms with Crippen molar-refractivity contribution in [1.29, 1.82) is 0 Å². The molecule has 0 saturated heterocycles. The van der Waals surface area contributed by atoms with E-state index in [1.54, 1.807) is 12.5 Å². The van der Waals surface area contributed by atoms with Gasteiger partial charge in [0.2, 0.25) is 0 Å². The monoisotopic (exact) mass is 204 g/mol. The number of nitrogens with two attached hydrogens (primary N) is 1. The van der Waals surface area contributed by atoms with E-state index in [0.29, 0.717) is 11.6 Å². The molecule has 0 aliphatic carbocycles. The average Bonchev–Trinajstić information content (AvgIpc) is 2.75. The molecular weight excluding hydrogens is 192 g/mol. The number of furan rings is 1. The summed E-state index contributed by atoms with van der Waals surface area (Å²) >= 11 is 0. The summed E-state index contributed by atoms with van der Waals surface area (Å²) in [5.74, 6) is 6.63. The van der Waals surface area contributed by atoms with E-state index < -0.39 is 0 Å². The van der Waals surface area contributed by atoms with Gasteiger partial charge in [-0.3, -0.25) is 0 Å². The second-order valence-electron chi connectivity index (χ2n) is 3.26. The molecule has 2 rings (SSSR count). The molecule has 0 radical (unpaired) electrons. The van der Waals surface area contributed by atoms with Gasteiger partial charge in [-0.15, -0.1) is 0 Å². The number of aryl methyl sites for hydroxylation is 1. The highest BCUT2D eigenvalue weighted by Crippen LogP contribution is 2.20. The fourth-order valence-electron chi connectivity index (χ4n) is 1.29. The minimum absolute atomic E-state index is 0.611. The van der Waals surface area contributed by atoms with Crippen LogP contribution in [0.3, 0.4) is 0 Å². The predicted octanol–water partition coefficient (Wildman–Crippen LogP) is 1.64. The summed E-state index contributed by atoms with van der Waals surface area (Å²) < 4.78 is 4.98. The standard InChI is InChI=1S/C10H12N4O/c1-6-7(2)12-10(13-9(6)14-11)8-3-4-15-5-8/h3-5H,11H2,1-2H3,(H,12,13,14). The Labute approximate surface area is 87.3 Å². The molecule has 2 aromatic rings. The molecule has 0 aliphatic rings. The molecule has 0 amide bonds. The van der Waals surface area contributed by atoms with E-state index in [2.05, 4.69) is 15.4 Å². The molecule has 2 aromatic heterocycles. The van der Waals surface area contributed by atoms with Gasteiger partial charge in [0, 0.05) is 11.3 Å². The van der Waals surface area contributed by atoms with Crippen molar-refractivity contribution < 1.29 is 4.42 Å². The summed E-state index contributed by atoms with van der Waals surface area (Å²) in [6.45, 7) is 3.84. The van der Waals surface area contributed by atoms with Gasteiger partial charge in [-0.25, -0.2) is 15.8 Å². The Morgan fingerprint density at radius 1 is 1.33 bits per heavy atom. The number of anilines is 1. The van der Waals surface area contributed by atoms with E-state index in [0.717, 1.165) is 16.8 Å². The van der Waals surface area contributed by atoms with E-state index in [4.69, 9.17) is 10.3 Å². The molecule has 5 nitrogen and oxygen atoms in total. The number of nitrogens with zero attached hydrogens (tertiary/aromatic N) is 2. The minimum atomic E-state index is 0.611. The lowest BCUT2D eigenvalue weighted by Crippen LogP contribution is -2.12. The van der Waals surface area contributed by atoms with Crippen LogP contribution < -0.4 is 11.3 Å². The summed E-state index contributed by atoms with van der Waals surface area (Å²) in [7, 11) is 0. The summed E-state index contributed by atoms with van der Waals surface area (Å²) in [6, 6.07) is 1.81. The highest BCUT2D eigenvalue weighted by molar-refractivity contribution is 5.57. The van der Waals surface area contributed by atoms with Crippen molar-refractivity contribution in [3.05, 3.63) is 29.9 Å². The highest BCUT2D eigenvalue weighted by atomic mass is 16.3. The lowest BCUT2D eigenvalue weighted by molar-refractivity contribution is 0.568. The van der Waals surface area contributed by atoms with Crippen molar-refractivity contribution in [3.63, 3.8) is 0 Å². The van der Waals surface area contributed by atoms with Crippen molar-refractivity contribution in [2.75, 3.05) is 5.43 Å². The zero-order chi connectivity index (χ0) is 10.8. The second kappa shape index (κ2) is 3.70. The zero-order valence-corrected chi connectivity index (χ0v) is 8.61. The van der Waals surface area contributed by atoms with E-state index in [-0.39, 0.29) is 0 Å². The number of hydrogen-bond donors (Lipinski definition) is 2. The largest absolute Gasteiger partial charge is 0.472 e. The van der Waals surface area contributed by atoms with Crippen LogP contribution in [0, 0.1) is 13.8 Å². The van der Waals surface area contributed by atoms with Gasteiger partial charge in [-0.2, -0.15) is 0 Å². The van der Waals surface area contributed by atoms with E-state index >= 15 is 0 Å². The third kappa shape index (κ3) is 1.69. The molecule has 0 unspecified atom stereocenters. The Morgan fingerprint density at radius 3 is 2.73 bits per heavy atom. The second-order valence-corrected chi connectivity index (χ2v) is 3.26. The van der Waals surface area contributed by atoms with Crippen LogP contribution in [0.2, 0.25) is 0 Å². The number of hydrazine groups is 1. The van der Waals surface area contributed by atoms with Gasteiger partial charge in [-0.1, -0.05) is 0 Å². The van der Waals surface area contributed by atoms with Gasteiger partial charge < -0.3 is 9.84 Å². The van der Waals surface area contributed by atoms with Crippen molar-refractivity contribution in [1.82, 2.24) is 9.97 Å². The Hall–Kier alpha value is -1.88. The summed E-state index contributed by atoms with van der Waals surface area (Å²) in [5.41, 5.74) is 5.25. The first-order valence-corrected chi connectivity index (χ1v) is 4.57. The van der Waals surface area contributed by atoms with E-state index in [1.807, 2.05) is 19.9 Å². The Morgan fingerprint density at radius 2 is 2.13 bits per heavy atom. The average molecular weight is 204 g/mol. The molecular formula is C10H12N4O. The fourth-order valence-corrected chi connectivity index (χ4v) is 1.29. The Kier molecular flexibility index (Phi) is 2.39. The summed E-state index contributed by atoms with van der Waals surface area (Å²) in [5, 5.41) is 0. The molecule has 0 spiro atoms. The van der Waals surface area contributed by atoms with Crippen molar-refractivity contribution in [2.24, 2.45) is 5.84 Å². The van der Waals surface area contributed by atoms with E-state index in [9.17, 15) is 0 Å². The first kappa shape index (κ1) is 9.67. The fraction of sp³-hybridized carbons (Fsp3) is 0.200. The molecule has 15 heavy (non-hydrogen) atoms. The van der Waals surface area contributed by atoms with Gasteiger partial charge in [0.05, 0.1) is 11.8 Å². The molecule has 0 aliphatic heterocycles. The lowest BCUT2D eigenvalue weighted by Gasteiger charge is -2.07. The number of aromatic nitrogens is 2. The molecule has 3 N–H and O–H groups in total. The smallest absolute Gasteiger partial charge is 0.165 e.